The first-order chi connectivity index (χ1) is 9.92. The Balaban J connectivity index is 1.93. The van der Waals surface area contributed by atoms with Gasteiger partial charge >= 0.3 is 0 Å². The maximum atomic E-state index is 5.30. The van der Waals surface area contributed by atoms with E-state index in [4.69, 9.17) is 6.42 Å². The van der Waals surface area contributed by atoms with Crippen LogP contribution in [0.3, 0.4) is 0 Å². The Kier molecular flexibility index (Phi) is 3.74. The lowest BCUT2D eigenvalue weighted by atomic mass is 10.2. The molecule has 100 valence electrons. The lowest BCUT2D eigenvalue weighted by Gasteiger charge is -2.06. The first kappa shape index (κ1) is 12.8. The van der Waals surface area contributed by atoms with Crippen molar-refractivity contribution in [2.45, 2.75) is 32.2 Å². The molecule has 0 atom stereocenters. The van der Waals surface area contributed by atoms with E-state index in [1.807, 2.05) is 0 Å². The predicted octanol–water partition coefficient (Wildman–Crippen LogP) is 4.99. The van der Waals surface area contributed by atoms with E-state index in [9.17, 15) is 0 Å². The fraction of sp³-hybridized carbons (Fsp3) is 0.263. The van der Waals surface area contributed by atoms with E-state index in [0.29, 0.717) is 0 Å². The minimum atomic E-state index is 0.896. The molecule has 0 radical (unpaired) electrons. The van der Waals surface area contributed by atoms with Gasteiger partial charge in [-0.05, 0) is 25.0 Å². The third kappa shape index (κ3) is 2.30. The molecule has 20 heavy (non-hydrogen) atoms. The lowest BCUT2D eigenvalue weighted by Crippen LogP contribution is -1.97. The molecule has 0 bridgehead atoms. The molecule has 3 rings (SSSR count). The molecule has 0 N–H and O–H groups in total. The van der Waals surface area contributed by atoms with Crippen molar-refractivity contribution in [2.75, 3.05) is 0 Å². The molecule has 1 nitrogen and oxygen atoms in total. The average Bonchev–Trinajstić information content (AvgIpc) is 2.82. The van der Waals surface area contributed by atoms with Gasteiger partial charge in [-0.2, -0.15) is 0 Å². The Bertz CT molecular complexity index is 705. The summed E-state index contributed by atoms with van der Waals surface area (Å²) in [6.45, 7) is 1.07. The highest BCUT2D eigenvalue weighted by Crippen LogP contribution is 2.28. The lowest BCUT2D eigenvalue weighted by molar-refractivity contribution is 0.615. The highest BCUT2D eigenvalue weighted by atomic mass is 15.0. The average molecular weight is 261 g/mol. The van der Waals surface area contributed by atoms with Crippen LogP contribution in [0.15, 0.2) is 48.5 Å². The van der Waals surface area contributed by atoms with Crippen LogP contribution >= 0.6 is 0 Å². The molecule has 0 saturated heterocycles. The van der Waals surface area contributed by atoms with Crippen molar-refractivity contribution in [3.63, 3.8) is 0 Å². The van der Waals surface area contributed by atoms with E-state index in [-0.39, 0.29) is 0 Å². The van der Waals surface area contributed by atoms with Gasteiger partial charge in [0.05, 0.1) is 0 Å². The number of hydrogen-bond acceptors (Lipinski definition) is 0. The summed E-state index contributed by atoms with van der Waals surface area (Å²) >= 11 is 0. The van der Waals surface area contributed by atoms with Crippen LogP contribution in [0.4, 0.5) is 0 Å². The van der Waals surface area contributed by atoms with E-state index < -0.39 is 0 Å². The Labute approximate surface area is 120 Å². The SMILES string of the molecule is C#CCCCCCn1c2ccccc2c2ccccc21. The number of aromatic nitrogens is 1. The third-order valence-electron chi connectivity index (χ3n) is 3.88. The zero-order valence-corrected chi connectivity index (χ0v) is 11.7. The molecule has 0 spiro atoms. The first-order valence-electron chi connectivity index (χ1n) is 7.31. The molecule has 2 aromatic carbocycles. The topological polar surface area (TPSA) is 4.93 Å². The van der Waals surface area contributed by atoms with Crippen LogP contribution in [0, 0.1) is 12.3 Å². The monoisotopic (exact) mass is 261 g/mol. The maximum Gasteiger partial charge on any atom is 0.0491 e. The van der Waals surface area contributed by atoms with Gasteiger partial charge in [0.25, 0.3) is 0 Å². The molecule has 0 amide bonds. The summed E-state index contributed by atoms with van der Waals surface area (Å²) < 4.78 is 2.44. The number of fused-ring (bicyclic) bond motifs is 3. The van der Waals surface area contributed by atoms with Gasteiger partial charge in [0.2, 0.25) is 0 Å². The van der Waals surface area contributed by atoms with Crippen LogP contribution in [0.5, 0.6) is 0 Å². The fourth-order valence-corrected chi connectivity index (χ4v) is 2.92. The van der Waals surface area contributed by atoms with Crippen LogP contribution in [-0.2, 0) is 6.54 Å². The van der Waals surface area contributed by atoms with Crippen LogP contribution in [0.25, 0.3) is 21.8 Å². The van der Waals surface area contributed by atoms with Crippen molar-refractivity contribution in [3.05, 3.63) is 48.5 Å². The molecule has 1 heterocycles. The van der Waals surface area contributed by atoms with Crippen LogP contribution in [0.1, 0.15) is 25.7 Å². The van der Waals surface area contributed by atoms with E-state index in [2.05, 4.69) is 59.0 Å². The molecule has 0 fully saturated rings. The Morgan fingerprint density at radius 1 is 0.800 bits per heavy atom. The highest BCUT2D eigenvalue weighted by Gasteiger charge is 2.08. The van der Waals surface area contributed by atoms with Gasteiger partial charge in [-0.3, -0.25) is 0 Å². The highest BCUT2D eigenvalue weighted by molar-refractivity contribution is 6.07. The molecule has 0 aliphatic carbocycles. The zero-order valence-electron chi connectivity index (χ0n) is 11.7. The molecule has 3 aromatic rings. The van der Waals surface area contributed by atoms with Crippen molar-refractivity contribution in [1.82, 2.24) is 4.57 Å². The largest absolute Gasteiger partial charge is 0.340 e. The van der Waals surface area contributed by atoms with Crippen molar-refractivity contribution in [3.8, 4) is 12.3 Å². The molecule has 1 aromatic heterocycles. The standard InChI is InChI=1S/C19H19N/c1-2-3-4-5-10-15-20-18-13-8-6-11-16(18)17-12-7-9-14-19(17)20/h1,6-9,11-14H,3-5,10,15H2. The summed E-state index contributed by atoms with van der Waals surface area (Å²) in [7, 11) is 0. The normalized spacial score (nSPS) is 10.9. The van der Waals surface area contributed by atoms with Gasteiger partial charge in [-0.1, -0.05) is 42.8 Å². The Morgan fingerprint density at radius 2 is 1.40 bits per heavy atom. The number of benzene rings is 2. The number of terminal acetylenes is 1. The van der Waals surface area contributed by atoms with Gasteiger partial charge in [0.15, 0.2) is 0 Å². The summed E-state index contributed by atoms with van der Waals surface area (Å²) in [4.78, 5) is 0. The number of rotatable bonds is 5. The maximum absolute atomic E-state index is 5.30. The number of nitrogens with zero attached hydrogens (tertiary/aromatic N) is 1. The van der Waals surface area contributed by atoms with Crippen molar-refractivity contribution in [1.29, 1.82) is 0 Å². The van der Waals surface area contributed by atoms with Gasteiger partial charge < -0.3 is 4.57 Å². The molecule has 1 heteroatoms. The molecule has 0 aliphatic rings. The molecule has 0 aliphatic heterocycles. The van der Waals surface area contributed by atoms with E-state index in [0.717, 1.165) is 19.4 Å². The molecule has 0 unspecified atom stereocenters. The summed E-state index contributed by atoms with van der Waals surface area (Å²) in [6, 6.07) is 17.3. The smallest absolute Gasteiger partial charge is 0.0491 e. The zero-order chi connectivity index (χ0) is 13.8. The summed E-state index contributed by atoms with van der Waals surface area (Å²) in [5.41, 5.74) is 2.68. The fourth-order valence-electron chi connectivity index (χ4n) is 2.92. The predicted molar refractivity (Wildman–Crippen MR) is 86.7 cm³/mol. The number of hydrogen-bond donors (Lipinski definition) is 0. The Hall–Kier alpha value is -2.20. The van der Waals surface area contributed by atoms with Gasteiger partial charge in [-0.15, -0.1) is 12.3 Å². The second-order valence-corrected chi connectivity index (χ2v) is 5.20. The summed E-state index contributed by atoms with van der Waals surface area (Å²) in [6.07, 6.45) is 9.71. The first-order valence-corrected chi connectivity index (χ1v) is 7.31. The van der Waals surface area contributed by atoms with Gasteiger partial charge in [0.1, 0.15) is 0 Å². The van der Waals surface area contributed by atoms with Crippen LogP contribution in [-0.4, -0.2) is 4.57 Å². The van der Waals surface area contributed by atoms with Crippen molar-refractivity contribution < 1.29 is 0 Å². The van der Waals surface area contributed by atoms with Crippen molar-refractivity contribution >= 4 is 21.8 Å². The summed E-state index contributed by atoms with van der Waals surface area (Å²) in [5.74, 6) is 2.71. The van der Waals surface area contributed by atoms with Crippen LogP contribution in [0.2, 0.25) is 0 Å². The van der Waals surface area contributed by atoms with Gasteiger partial charge in [0, 0.05) is 34.8 Å². The minimum absolute atomic E-state index is 0.896. The molecule has 0 saturated carbocycles. The summed E-state index contributed by atoms with van der Waals surface area (Å²) in [5, 5.41) is 2.71. The van der Waals surface area contributed by atoms with E-state index >= 15 is 0 Å². The Morgan fingerprint density at radius 3 is 2.00 bits per heavy atom. The molecular weight excluding hydrogens is 242 g/mol. The second-order valence-electron chi connectivity index (χ2n) is 5.20. The molecular formula is C19H19N. The van der Waals surface area contributed by atoms with Crippen LogP contribution < -0.4 is 0 Å². The quantitative estimate of drug-likeness (QED) is 0.450. The number of unbranched alkanes of at least 4 members (excludes halogenated alkanes) is 3. The number of aryl methyl sites for hydroxylation is 1. The minimum Gasteiger partial charge on any atom is -0.340 e. The van der Waals surface area contributed by atoms with Crippen molar-refractivity contribution in [2.24, 2.45) is 0 Å². The van der Waals surface area contributed by atoms with E-state index in [1.165, 1.54) is 34.6 Å². The second kappa shape index (κ2) is 5.84. The number of para-hydroxylation sites is 2. The third-order valence-corrected chi connectivity index (χ3v) is 3.88. The van der Waals surface area contributed by atoms with E-state index in [1.54, 1.807) is 0 Å². The van der Waals surface area contributed by atoms with Gasteiger partial charge in [-0.25, -0.2) is 0 Å².